The molecule has 0 fully saturated rings. The fourth-order valence-corrected chi connectivity index (χ4v) is 3.14. The fraction of sp³-hybridized carbons (Fsp3) is 0.0870. The SMILES string of the molecule is COC(=O)c1cccc(-c2ccc(/C=C3\C(=O)N(c4ccccc4)N=C3C(F)(F)F)o2)c1. The molecule has 162 valence electrons. The monoisotopic (exact) mass is 440 g/mol. The summed E-state index contributed by atoms with van der Waals surface area (Å²) in [5, 5.41) is 4.21. The minimum absolute atomic E-state index is 0.0266. The van der Waals surface area contributed by atoms with Crippen molar-refractivity contribution in [2.75, 3.05) is 12.1 Å². The Bertz CT molecular complexity index is 1240. The number of anilines is 1. The number of methoxy groups -OCH3 is 1. The third-order valence-electron chi connectivity index (χ3n) is 4.63. The molecule has 6 nitrogen and oxygen atoms in total. The molecule has 9 heteroatoms. The van der Waals surface area contributed by atoms with Crippen molar-refractivity contribution >= 4 is 29.4 Å². The quantitative estimate of drug-likeness (QED) is 0.419. The zero-order valence-corrected chi connectivity index (χ0v) is 16.6. The van der Waals surface area contributed by atoms with Gasteiger partial charge in [0.05, 0.1) is 23.9 Å². The van der Waals surface area contributed by atoms with Gasteiger partial charge in [-0.15, -0.1) is 0 Å². The van der Waals surface area contributed by atoms with Gasteiger partial charge in [0, 0.05) is 5.56 Å². The molecule has 1 amide bonds. The molecule has 4 rings (SSSR count). The van der Waals surface area contributed by atoms with E-state index in [9.17, 15) is 22.8 Å². The number of ether oxygens (including phenoxy) is 1. The Morgan fingerprint density at radius 1 is 1.06 bits per heavy atom. The number of amides is 1. The molecule has 32 heavy (non-hydrogen) atoms. The first-order valence-corrected chi connectivity index (χ1v) is 9.34. The number of rotatable bonds is 4. The van der Waals surface area contributed by atoms with E-state index >= 15 is 0 Å². The van der Waals surface area contributed by atoms with Crippen LogP contribution in [0.25, 0.3) is 17.4 Å². The van der Waals surface area contributed by atoms with Gasteiger partial charge in [-0.05, 0) is 42.5 Å². The molecule has 1 aromatic heterocycles. The van der Waals surface area contributed by atoms with Gasteiger partial charge in [-0.3, -0.25) is 4.79 Å². The number of esters is 1. The van der Waals surface area contributed by atoms with Crippen LogP contribution in [0.3, 0.4) is 0 Å². The molecule has 0 spiro atoms. The van der Waals surface area contributed by atoms with Crippen molar-refractivity contribution in [1.82, 2.24) is 0 Å². The zero-order valence-electron chi connectivity index (χ0n) is 16.6. The number of halogens is 3. The lowest BCUT2D eigenvalue weighted by Crippen LogP contribution is -2.25. The molecule has 0 saturated heterocycles. The summed E-state index contributed by atoms with van der Waals surface area (Å²) in [6.07, 6.45) is -3.83. The molecule has 3 aromatic rings. The number of hydrogen-bond donors (Lipinski definition) is 0. The molecular weight excluding hydrogens is 425 g/mol. The van der Waals surface area contributed by atoms with E-state index in [-0.39, 0.29) is 17.0 Å². The lowest BCUT2D eigenvalue weighted by molar-refractivity contribution is -0.114. The minimum Gasteiger partial charge on any atom is -0.465 e. The van der Waals surface area contributed by atoms with E-state index in [0.29, 0.717) is 16.3 Å². The summed E-state index contributed by atoms with van der Waals surface area (Å²) in [7, 11) is 1.25. The summed E-state index contributed by atoms with van der Waals surface area (Å²) < 4.78 is 51.0. The lowest BCUT2D eigenvalue weighted by atomic mass is 10.1. The zero-order chi connectivity index (χ0) is 22.9. The average molecular weight is 440 g/mol. The van der Waals surface area contributed by atoms with E-state index in [0.717, 1.165) is 6.08 Å². The molecule has 1 aliphatic rings. The molecule has 0 saturated carbocycles. The summed E-state index contributed by atoms with van der Waals surface area (Å²) in [6.45, 7) is 0. The van der Waals surface area contributed by atoms with Gasteiger partial charge < -0.3 is 9.15 Å². The van der Waals surface area contributed by atoms with Gasteiger partial charge in [-0.2, -0.15) is 23.3 Å². The Kier molecular flexibility index (Phi) is 5.40. The molecule has 0 atom stereocenters. The predicted octanol–water partition coefficient (Wildman–Crippen LogP) is 5.08. The summed E-state index contributed by atoms with van der Waals surface area (Å²) in [4.78, 5) is 24.5. The van der Waals surface area contributed by atoms with E-state index in [2.05, 4.69) is 9.84 Å². The normalized spacial score (nSPS) is 15.2. The third kappa shape index (κ3) is 4.04. The maximum absolute atomic E-state index is 13.6. The summed E-state index contributed by atoms with van der Waals surface area (Å²) in [5.74, 6) is -1.13. The fourth-order valence-electron chi connectivity index (χ4n) is 3.14. The van der Waals surface area contributed by atoms with Crippen LogP contribution in [0.4, 0.5) is 18.9 Å². The Labute approximate surface area is 180 Å². The van der Waals surface area contributed by atoms with Crippen molar-refractivity contribution in [3.8, 4) is 11.3 Å². The van der Waals surface area contributed by atoms with Crippen LogP contribution in [0.15, 0.2) is 81.8 Å². The van der Waals surface area contributed by atoms with Crippen LogP contribution in [0.1, 0.15) is 16.1 Å². The summed E-state index contributed by atoms with van der Waals surface area (Å²) in [5.41, 5.74) is -0.923. The first-order valence-electron chi connectivity index (χ1n) is 9.34. The topological polar surface area (TPSA) is 72.1 Å². The molecule has 2 aromatic carbocycles. The number of nitrogens with zero attached hydrogens (tertiary/aromatic N) is 2. The van der Waals surface area contributed by atoms with Crippen molar-refractivity contribution in [2.45, 2.75) is 6.18 Å². The number of hydrogen-bond acceptors (Lipinski definition) is 5. The molecule has 1 aliphatic heterocycles. The van der Waals surface area contributed by atoms with Crippen molar-refractivity contribution < 1.29 is 31.9 Å². The summed E-state index contributed by atoms with van der Waals surface area (Å²) in [6, 6.07) is 17.2. The predicted molar refractivity (Wildman–Crippen MR) is 111 cm³/mol. The molecule has 0 N–H and O–H groups in total. The van der Waals surface area contributed by atoms with E-state index in [1.165, 1.54) is 37.4 Å². The first-order chi connectivity index (χ1) is 15.3. The highest BCUT2D eigenvalue weighted by atomic mass is 19.4. The third-order valence-corrected chi connectivity index (χ3v) is 4.63. The minimum atomic E-state index is -4.84. The van der Waals surface area contributed by atoms with Crippen molar-refractivity contribution in [3.63, 3.8) is 0 Å². The highest BCUT2D eigenvalue weighted by molar-refractivity contribution is 6.34. The van der Waals surface area contributed by atoms with Gasteiger partial charge in [0.15, 0.2) is 5.71 Å². The second kappa shape index (κ2) is 8.18. The molecule has 0 unspecified atom stereocenters. The number of carbonyl (C=O) groups is 2. The maximum Gasteiger partial charge on any atom is 0.435 e. The highest BCUT2D eigenvalue weighted by Crippen LogP contribution is 2.33. The summed E-state index contributed by atoms with van der Waals surface area (Å²) >= 11 is 0. The second-order valence-corrected chi connectivity index (χ2v) is 6.73. The molecule has 0 radical (unpaired) electrons. The van der Waals surface area contributed by atoms with Crippen LogP contribution in [-0.2, 0) is 9.53 Å². The molecule has 0 aliphatic carbocycles. The number of para-hydroxylation sites is 1. The Hall–Kier alpha value is -4.14. The number of furan rings is 1. The van der Waals surface area contributed by atoms with Gasteiger partial charge in [-0.25, -0.2) is 4.79 Å². The Morgan fingerprint density at radius 3 is 2.50 bits per heavy atom. The number of benzene rings is 2. The van der Waals surface area contributed by atoms with Crippen molar-refractivity contribution in [3.05, 3.63) is 83.6 Å². The highest BCUT2D eigenvalue weighted by Gasteiger charge is 2.47. The van der Waals surface area contributed by atoms with Crippen LogP contribution in [-0.4, -0.2) is 30.9 Å². The second-order valence-electron chi connectivity index (χ2n) is 6.73. The van der Waals surface area contributed by atoms with E-state index in [4.69, 9.17) is 4.42 Å². The number of carbonyl (C=O) groups excluding carboxylic acids is 2. The van der Waals surface area contributed by atoms with Crippen LogP contribution in [0.5, 0.6) is 0 Å². The van der Waals surface area contributed by atoms with Gasteiger partial charge in [0.25, 0.3) is 5.91 Å². The lowest BCUT2D eigenvalue weighted by Gasteiger charge is -2.10. The standard InChI is InChI=1S/C23H15F3N2O4/c1-31-22(30)15-7-5-6-14(12-15)19-11-10-17(32-19)13-18-20(23(24,25)26)27-28(21(18)29)16-8-3-2-4-9-16/h2-13H,1H3/b18-13-. The van der Waals surface area contributed by atoms with E-state index in [1.54, 1.807) is 36.4 Å². The molecular formula is C23H15F3N2O4. The first kappa shape index (κ1) is 21.1. The number of hydrazone groups is 1. The van der Waals surface area contributed by atoms with Crippen LogP contribution in [0.2, 0.25) is 0 Å². The van der Waals surface area contributed by atoms with Crippen LogP contribution < -0.4 is 5.01 Å². The van der Waals surface area contributed by atoms with Crippen molar-refractivity contribution in [2.24, 2.45) is 5.10 Å². The molecule has 2 heterocycles. The average Bonchev–Trinajstić information content (AvgIpc) is 3.39. The van der Waals surface area contributed by atoms with Crippen molar-refractivity contribution in [1.29, 1.82) is 0 Å². The largest absolute Gasteiger partial charge is 0.465 e. The van der Waals surface area contributed by atoms with Gasteiger partial charge in [0.2, 0.25) is 0 Å². The van der Waals surface area contributed by atoms with E-state index in [1.807, 2.05) is 0 Å². The Balaban J connectivity index is 1.69. The maximum atomic E-state index is 13.6. The van der Waals surface area contributed by atoms with E-state index < -0.39 is 29.3 Å². The Morgan fingerprint density at radius 2 is 1.81 bits per heavy atom. The van der Waals surface area contributed by atoms with Gasteiger partial charge in [-0.1, -0.05) is 30.3 Å². The van der Waals surface area contributed by atoms with Gasteiger partial charge in [0.1, 0.15) is 11.5 Å². The smallest absolute Gasteiger partial charge is 0.435 e. The van der Waals surface area contributed by atoms with Gasteiger partial charge >= 0.3 is 12.1 Å². The molecule has 0 bridgehead atoms. The van der Waals surface area contributed by atoms with Crippen LogP contribution in [0, 0.1) is 0 Å². The number of alkyl halides is 3. The van der Waals surface area contributed by atoms with Crippen LogP contribution >= 0.6 is 0 Å².